The van der Waals surface area contributed by atoms with E-state index in [2.05, 4.69) is 20.5 Å². The highest BCUT2D eigenvalue weighted by Gasteiger charge is 2.03. The molecule has 5 nitrogen and oxygen atoms in total. The lowest BCUT2D eigenvalue weighted by atomic mass is 10.3. The summed E-state index contributed by atoms with van der Waals surface area (Å²) < 4.78 is 5.51. The maximum atomic E-state index is 5.51. The molecule has 5 heteroatoms. The monoisotopic (exact) mass is 214 g/mol. The summed E-state index contributed by atoms with van der Waals surface area (Å²) in [7, 11) is 0. The van der Waals surface area contributed by atoms with Gasteiger partial charge in [0, 0.05) is 18.3 Å². The molecule has 0 radical (unpaired) electrons. The summed E-state index contributed by atoms with van der Waals surface area (Å²) in [6.07, 6.45) is 3.59. The van der Waals surface area contributed by atoms with E-state index in [1.807, 2.05) is 30.5 Å². The molecular formula is C11H10N4O. The summed E-state index contributed by atoms with van der Waals surface area (Å²) in [5, 5.41) is 9.71. The van der Waals surface area contributed by atoms with Crippen molar-refractivity contribution in [1.82, 2.24) is 15.2 Å². The zero-order valence-corrected chi connectivity index (χ0v) is 8.47. The molecule has 3 aromatic rings. The van der Waals surface area contributed by atoms with Gasteiger partial charge >= 0.3 is 0 Å². The van der Waals surface area contributed by atoms with Crippen LogP contribution in [0.5, 0.6) is 0 Å². The highest BCUT2D eigenvalue weighted by molar-refractivity contribution is 5.74. The quantitative estimate of drug-likeness (QED) is 0.701. The van der Waals surface area contributed by atoms with Gasteiger partial charge in [-0.25, -0.2) is 0 Å². The Bertz CT molecular complexity index is 552. The lowest BCUT2D eigenvalue weighted by molar-refractivity contribution is 0.614. The van der Waals surface area contributed by atoms with Crippen molar-refractivity contribution in [1.29, 1.82) is 0 Å². The maximum absolute atomic E-state index is 5.51. The first-order valence-electron chi connectivity index (χ1n) is 4.99. The normalized spacial score (nSPS) is 10.8. The smallest absolute Gasteiger partial charge is 0.295 e. The van der Waals surface area contributed by atoms with Crippen molar-refractivity contribution >= 4 is 17.1 Å². The summed E-state index contributed by atoms with van der Waals surface area (Å²) in [6.45, 7) is 0.642. The topological polar surface area (TPSA) is 66.7 Å². The van der Waals surface area contributed by atoms with E-state index >= 15 is 0 Å². The SMILES string of the molecule is c1ccc2oc(NCc3cn[nH]c3)nc2c1. The number of benzene rings is 1. The van der Waals surface area contributed by atoms with Gasteiger partial charge in [0.2, 0.25) is 0 Å². The molecular weight excluding hydrogens is 204 g/mol. The van der Waals surface area contributed by atoms with Crippen molar-refractivity contribution in [2.24, 2.45) is 0 Å². The van der Waals surface area contributed by atoms with E-state index in [0.717, 1.165) is 16.7 Å². The molecule has 1 aromatic carbocycles. The van der Waals surface area contributed by atoms with E-state index in [9.17, 15) is 0 Å². The Balaban J connectivity index is 1.79. The van der Waals surface area contributed by atoms with Crippen LogP contribution >= 0.6 is 0 Å². The number of aromatic nitrogens is 3. The van der Waals surface area contributed by atoms with Gasteiger partial charge < -0.3 is 9.73 Å². The molecule has 16 heavy (non-hydrogen) atoms. The van der Waals surface area contributed by atoms with E-state index in [1.54, 1.807) is 6.20 Å². The van der Waals surface area contributed by atoms with Gasteiger partial charge in [-0.15, -0.1) is 0 Å². The van der Waals surface area contributed by atoms with Crippen LogP contribution in [0.4, 0.5) is 6.01 Å². The number of para-hydroxylation sites is 2. The highest BCUT2D eigenvalue weighted by atomic mass is 16.4. The van der Waals surface area contributed by atoms with Crippen LogP contribution in [0, 0.1) is 0 Å². The Morgan fingerprint density at radius 2 is 2.25 bits per heavy atom. The summed E-state index contributed by atoms with van der Waals surface area (Å²) in [5.74, 6) is 0. The van der Waals surface area contributed by atoms with Crippen molar-refractivity contribution < 1.29 is 4.42 Å². The molecule has 0 aliphatic carbocycles. The number of H-pyrrole nitrogens is 1. The molecule has 3 rings (SSSR count). The minimum Gasteiger partial charge on any atom is -0.424 e. The molecule has 0 bridgehead atoms. The molecule has 0 amide bonds. The fourth-order valence-electron chi connectivity index (χ4n) is 1.50. The van der Waals surface area contributed by atoms with Crippen molar-refractivity contribution in [2.75, 3.05) is 5.32 Å². The number of aromatic amines is 1. The average molecular weight is 214 g/mol. The number of anilines is 1. The van der Waals surface area contributed by atoms with Gasteiger partial charge in [0.1, 0.15) is 5.52 Å². The van der Waals surface area contributed by atoms with Crippen LogP contribution < -0.4 is 5.32 Å². The van der Waals surface area contributed by atoms with Crippen LogP contribution in [-0.4, -0.2) is 15.2 Å². The van der Waals surface area contributed by atoms with Crippen LogP contribution in [0.15, 0.2) is 41.1 Å². The van der Waals surface area contributed by atoms with Crippen LogP contribution in [0.2, 0.25) is 0 Å². The minimum absolute atomic E-state index is 0.530. The van der Waals surface area contributed by atoms with Crippen LogP contribution in [-0.2, 0) is 6.54 Å². The van der Waals surface area contributed by atoms with Crippen LogP contribution in [0.1, 0.15) is 5.56 Å². The summed E-state index contributed by atoms with van der Waals surface area (Å²) in [5.41, 5.74) is 2.71. The van der Waals surface area contributed by atoms with Gasteiger partial charge in [-0.05, 0) is 12.1 Å². The number of fused-ring (bicyclic) bond motifs is 1. The number of nitrogens with one attached hydrogen (secondary N) is 2. The Morgan fingerprint density at radius 1 is 1.31 bits per heavy atom. The van der Waals surface area contributed by atoms with Crippen molar-refractivity contribution in [2.45, 2.75) is 6.54 Å². The number of hydrogen-bond acceptors (Lipinski definition) is 4. The third kappa shape index (κ3) is 1.63. The second-order valence-corrected chi connectivity index (χ2v) is 3.45. The molecule has 0 saturated heterocycles. The molecule has 2 aromatic heterocycles. The molecule has 0 saturated carbocycles. The molecule has 0 fully saturated rings. The zero-order chi connectivity index (χ0) is 10.8. The molecule has 0 unspecified atom stereocenters. The third-order valence-electron chi connectivity index (χ3n) is 2.29. The Kier molecular flexibility index (Phi) is 2.07. The largest absolute Gasteiger partial charge is 0.424 e. The second kappa shape index (κ2) is 3.69. The first-order valence-corrected chi connectivity index (χ1v) is 4.99. The predicted molar refractivity (Wildman–Crippen MR) is 59.9 cm³/mol. The first kappa shape index (κ1) is 8.96. The molecule has 80 valence electrons. The fraction of sp³-hybridized carbons (Fsp3) is 0.0909. The maximum Gasteiger partial charge on any atom is 0.295 e. The Morgan fingerprint density at radius 3 is 3.06 bits per heavy atom. The van der Waals surface area contributed by atoms with Crippen molar-refractivity contribution in [3.05, 3.63) is 42.2 Å². The Labute approximate surface area is 91.5 Å². The van der Waals surface area contributed by atoms with Gasteiger partial charge in [0.25, 0.3) is 6.01 Å². The van der Waals surface area contributed by atoms with Gasteiger partial charge in [-0.2, -0.15) is 10.1 Å². The lowest BCUT2D eigenvalue weighted by Gasteiger charge is -1.96. The van der Waals surface area contributed by atoms with E-state index in [4.69, 9.17) is 4.42 Å². The highest BCUT2D eigenvalue weighted by Crippen LogP contribution is 2.18. The molecule has 0 aliphatic heterocycles. The number of hydrogen-bond donors (Lipinski definition) is 2. The molecule has 2 heterocycles. The van der Waals surface area contributed by atoms with E-state index in [1.165, 1.54) is 0 Å². The minimum atomic E-state index is 0.530. The van der Waals surface area contributed by atoms with Crippen LogP contribution in [0.25, 0.3) is 11.1 Å². The molecule has 2 N–H and O–H groups in total. The van der Waals surface area contributed by atoms with Gasteiger partial charge in [0.15, 0.2) is 5.58 Å². The van der Waals surface area contributed by atoms with Gasteiger partial charge in [-0.3, -0.25) is 5.10 Å². The number of oxazole rings is 1. The van der Waals surface area contributed by atoms with Gasteiger partial charge in [-0.1, -0.05) is 12.1 Å². The number of rotatable bonds is 3. The second-order valence-electron chi connectivity index (χ2n) is 3.45. The van der Waals surface area contributed by atoms with E-state index < -0.39 is 0 Å². The lowest BCUT2D eigenvalue weighted by Crippen LogP contribution is -1.97. The predicted octanol–water partition coefficient (Wildman–Crippen LogP) is 2.16. The molecule has 0 spiro atoms. The fourth-order valence-corrected chi connectivity index (χ4v) is 1.50. The average Bonchev–Trinajstić information content (AvgIpc) is 2.95. The standard InChI is InChI=1S/C11H10N4O/c1-2-4-10-9(3-1)15-11(16-10)12-5-8-6-13-14-7-8/h1-4,6-7H,5H2,(H,12,15)(H,13,14). The summed E-state index contributed by atoms with van der Waals surface area (Å²) in [4.78, 5) is 4.30. The zero-order valence-electron chi connectivity index (χ0n) is 8.47. The van der Waals surface area contributed by atoms with Gasteiger partial charge in [0.05, 0.1) is 6.20 Å². The molecule has 0 aliphatic rings. The van der Waals surface area contributed by atoms with E-state index in [0.29, 0.717) is 12.6 Å². The summed E-state index contributed by atoms with van der Waals surface area (Å²) in [6, 6.07) is 8.20. The van der Waals surface area contributed by atoms with Crippen molar-refractivity contribution in [3.8, 4) is 0 Å². The summed E-state index contributed by atoms with van der Waals surface area (Å²) >= 11 is 0. The Hall–Kier alpha value is -2.30. The molecule has 0 atom stereocenters. The number of nitrogens with zero attached hydrogens (tertiary/aromatic N) is 2. The van der Waals surface area contributed by atoms with Crippen molar-refractivity contribution in [3.63, 3.8) is 0 Å². The first-order chi connectivity index (χ1) is 7.92. The van der Waals surface area contributed by atoms with Crippen LogP contribution in [0.3, 0.4) is 0 Å². The van der Waals surface area contributed by atoms with E-state index in [-0.39, 0.29) is 0 Å². The third-order valence-corrected chi connectivity index (χ3v) is 2.29.